The molecule has 2 N–H and O–H groups in total. The van der Waals surface area contributed by atoms with Crippen LogP contribution in [0.5, 0.6) is 0 Å². The fourth-order valence-corrected chi connectivity index (χ4v) is 2.12. The second-order valence-corrected chi connectivity index (χ2v) is 3.67. The number of carbonyl (C=O) groups excluding carboxylic acids is 1. The van der Waals surface area contributed by atoms with Gasteiger partial charge in [-0.3, -0.25) is 4.79 Å². The zero-order valence-electron chi connectivity index (χ0n) is 7.85. The van der Waals surface area contributed by atoms with Gasteiger partial charge < -0.3 is 10.3 Å². The Balaban J connectivity index is 2.51. The van der Waals surface area contributed by atoms with Gasteiger partial charge in [-0.1, -0.05) is 0 Å². The normalized spacial score (nSPS) is 14.5. The maximum Gasteiger partial charge on any atom is 0.254 e. The Morgan fingerprint density at radius 1 is 1.43 bits per heavy atom. The molecule has 3 heteroatoms. The predicted molar refractivity (Wildman–Crippen MR) is 54.2 cm³/mol. The highest BCUT2D eigenvalue weighted by Gasteiger charge is 2.23. The lowest BCUT2D eigenvalue weighted by Gasteiger charge is -2.02. The third-order valence-electron chi connectivity index (χ3n) is 2.83. The molecule has 0 fully saturated rings. The minimum atomic E-state index is 0.0381. The molecule has 0 radical (unpaired) electrons. The summed E-state index contributed by atoms with van der Waals surface area (Å²) in [5.74, 6) is 0.0381. The van der Waals surface area contributed by atoms with E-state index >= 15 is 0 Å². The largest absolute Gasteiger partial charge is 0.361 e. The monoisotopic (exact) mass is 186 g/mol. The van der Waals surface area contributed by atoms with Crippen LogP contribution in [0.15, 0.2) is 18.3 Å². The average Bonchev–Trinajstić information content (AvgIpc) is 2.71. The summed E-state index contributed by atoms with van der Waals surface area (Å²) in [5, 5.41) is 3.96. The number of nitrogens with one attached hydrogen (secondary N) is 2. The highest BCUT2D eigenvalue weighted by Crippen LogP contribution is 2.27. The molecule has 0 atom stereocenters. The van der Waals surface area contributed by atoms with Gasteiger partial charge >= 0.3 is 0 Å². The number of hydrogen-bond donors (Lipinski definition) is 2. The first-order valence-electron chi connectivity index (χ1n) is 4.65. The van der Waals surface area contributed by atoms with E-state index in [2.05, 4.69) is 16.4 Å². The molecule has 0 saturated heterocycles. The summed E-state index contributed by atoms with van der Waals surface area (Å²) in [4.78, 5) is 14.7. The van der Waals surface area contributed by atoms with Crippen LogP contribution in [0.25, 0.3) is 10.9 Å². The molecule has 70 valence electrons. The number of hydrogen-bond acceptors (Lipinski definition) is 1. The van der Waals surface area contributed by atoms with Crippen molar-refractivity contribution in [2.45, 2.75) is 13.5 Å². The van der Waals surface area contributed by atoms with E-state index in [9.17, 15) is 4.79 Å². The topological polar surface area (TPSA) is 44.9 Å². The quantitative estimate of drug-likeness (QED) is 0.646. The lowest BCUT2D eigenvalue weighted by Crippen LogP contribution is -2.12. The number of aromatic nitrogens is 1. The van der Waals surface area contributed by atoms with E-state index in [0.29, 0.717) is 6.54 Å². The molecule has 3 nitrogen and oxygen atoms in total. The molecule has 0 saturated carbocycles. The van der Waals surface area contributed by atoms with E-state index in [1.165, 1.54) is 5.56 Å². The van der Waals surface area contributed by atoms with Crippen molar-refractivity contribution in [3.63, 3.8) is 0 Å². The molecule has 0 unspecified atom stereocenters. The summed E-state index contributed by atoms with van der Waals surface area (Å²) in [7, 11) is 0. The summed E-state index contributed by atoms with van der Waals surface area (Å²) in [5.41, 5.74) is 4.10. The average molecular weight is 186 g/mol. The number of aromatic amines is 1. The Hall–Kier alpha value is -1.77. The molecule has 1 aliphatic heterocycles. The SMILES string of the molecule is Cc1cc2cc[nH]c2c2c1CNC2=O. The number of H-pyrrole nitrogens is 1. The first-order chi connectivity index (χ1) is 6.77. The zero-order valence-corrected chi connectivity index (χ0v) is 7.85. The third-order valence-corrected chi connectivity index (χ3v) is 2.83. The number of fused-ring (bicyclic) bond motifs is 3. The highest BCUT2D eigenvalue weighted by atomic mass is 16.1. The molecule has 0 aliphatic carbocycles. The van der Waals surface area contributed by atoms with Gasteiger partial charge in [0.05, 0.1) is 11.1 Å². The van der Waals surface area contributed by atoms with E-state index in [1.54, 1.807) is 0 Å². The van der Waals surface area contributed by atoms with Gasteiger partial charge in [0.1, 0.15) is 0 Å². The molecular formula is C11H10N2O. The van der Waals surface area contributed by atoms with Crippen LogP contribution >= 0.6 is 0 Å². The molecule has 14 heavy (non-hydrogen) atoms. The van der Waals surface area contributed by atoms with Gasteiger partial charge in [-0.2, -0.15) is 0 Å². The lowest BCUT2D eigenvalue weighted by atomic mass is 10.0. The van der Waals surface area contributed by atoms with E-state index in [1.807, 2.05) is 19.2 Å². The van der Waals surface area contributed by atoms with Gasteiger partial charge in [-0.05, 0) is 30.2 Å². The predicted octanol–water partition coefficient (Wildman–Crippen LogP) is 1.72. The van der Waals surface area contributed by atoms with Gasteiger partial charge in [-0.25, -0.2) is 0 Å². The Morgan fingerprint density at radius 3 is 3.14 bits per heavy atom. The zero-order chi connectivity index (χ0) is 9.71. The standard InChI is InChI=1S/C11H10N2O/c1-6-4-7-2-3-12-10(7)9-8(6)5-13-11(9)14/h2-4,12H,5H2,1H3,(H,13,14). The second-order valence-electron chi connectivity index (χ2n) is 3.67. The lowest BCUT2D eigenvalue weighted by molar-refractivity contribution is 0.0967. The van der Waals surface area contributed by atoms with Crippen LogP contribution in [0.1, 0.15) is 21.5 Å². The summed E-state index contributed by atoms with van der Waals surface area (Å²) < 4.78 is 0. The van der Waals surface area contributed by atoms with Crippen molar-refractivity contribution in [3.05, 3.63) is 35.0 Å². The van der Waals surface area contributed by atoms with E-state index < -0.39 is 0 Å². The van der Waals surface area contributed by atoms with Crippen LogP contribution in [0.4, 0.5) is 0 Å². The number of benzene rings is 1. The van der Waals surface area contributed by atoms with Gasteiger partial charge in [0, 0.05) is 18.1 Å². The highest BCUT2D eigenvalue weighted by molar-refractivity contribution is 6.09. The van der Waals surface area contributed by atoms with Gasteiger partial charge in [0.15, 0.2) is 0 Å². The van der Waals surface area contributed by atoms with Crippen molar-refractivity contribution in [2.75, 3.05) is 0 Å². The third kappa shape index (κ3) is 0.789. The fourth-order valence-electron chi connectivity index (χ4n) is 2.12. The molecule has 1 aromatic heterocycles. The Labute approximate surface area is 81.1 Å². The van der Waals surface area contributed by atoms with Crippen molar-refractivity contribution in [2.24, 2.45) is 0 Å². The number of rotatable bonds is 0. The maximum atomic E-state index is 11.6. The minimum absolute atomic E-state index is 0.0381. The number of carbonyl (C=O) groups is 1. The van der Waals surface area contributed by atoms with Crippen LogP contribution < -0.4 is 5.32 Å². The van der Waals surface area contributed by atoms with Crippen LogP contribution in [0.2, 0.25) is 0 Å². The first-order valence-corrected chi connectivity index (χ1v) is 4.65. The summed E-state index contributed by atoms with van der Waals surface area (Å²) in [6.07, 6.45) is 1.87. The summed E-state index contributed by atoms with van der Waals surface area (Å²) in [6, 6.07) is 4.11. The van der Waals surface area contributed by atoms with Crippen molar-refractivity contribution in [1.82, 2.24) is 10.3 Å². The second kappa shape index (κ2) is 2.38. The van der Waals surface area contributed by atoms with Crippen molar-refractivity contribution < 1.29 is 4.79 Å². The molecule has 1 aliphatic rings. The maximum absolute atomic E-state index is 11.6. The fraction of sp³-hybridized carbons (Fsp3) is 0.182. The molecule has 0 spiro atoms. The van der Waals surface area contributed by atoms with Crippen LogP contribution in [-0.2, 0) is 6.54 Å². The van der Waals surface area contributed by atoms with E-state index in [0.717, 1.165) is 22.0 Å². The van der Waals surface area contributed by atoms with E-state index in [-0.39, 0.29) is 5.91 Å². The summed E-state index contributed by atoms with van der Waals surface area (Å²) in [6.45, 7) is 2.71. The Bertz CT molecular complexity index is 539. The van der Waals surface area contributed by atoms with Crippen LogP contribution in [-0.4, -0.2) is 10.9 Å². The molecule has 2 heterocycles. The van der Waals surface area contributed by atoms with Gasteiger partial charge in [0.2, 0.25) is 0 Å². The molecule has 2 aromatic rings. The molecule has 1 amide bonds. The molecule has 1 aromatic carbocycles. The van der Waals surface area contributed by atoms with E-state index in [4.69, 9.17) is 0 Å². The molecular weight excluding hydrogens is 176 g/mol. The summed E-state index contributed by atoms with van der Waals surface area (Å²) >= 11 is 0. The van der Waals surface area contributed by atoms with Gasteiger partial charge in [0.25, 0.3) is 5.91 Å². The van der Waals surface area contributed by atoms with Crippen molar-refractivity contribution >= 4 is 16.8 Å². The van der Waals surface area contributed by atoms with Crippen molar-refractivity contribution in [3.8, 4) is 0 Å². The Morgan fingerprint density at radius 2 is 2.29 bits per heavy atom. The van der Waals surface area contributed by atoms with Crippen LogP contribution in [0, 0.1) is 6.92 Å². The van der Waals surface area contributed by atoms with Gasteiger partial charge in [-0.15, -0.1) is 0 Å². The van der Waals surface area contributed by atoms with Crippen molar-refractivity contribution in [1.29, 1.82) is 0 Å². The number of amides is 1. The molecule has 3 rings (SSSR count). The van der Waals surface area contributed by atoms with Crippen LogP contribution in [0.3, 0.4) is 0 Å². The smallest absolute Gasteiger partial charge is 0.254 e. The minimum Gasteiger partial charge on any atom is -0.361 e. The Kier molecular flexibility index (Phi) is 1.29. The molecule has 0 bridgehead atoms. The number of aryl methyl sites for hydroxylation is 1. The first kappa shape index (κ1) is 7.62.